The monoisotopic (exact) mass is 404 g/mol. The Labute approximate surface area is 170 Å². The van der Waals surface area contributed by atoms with Gasteiger partial charge in [-0.1, -0.05) is 12.1 Å². The number of carbonyl (C=O) groups is 1. The summed E-state index contributed by atoms with van der Waals surface area (Å²) in [4.78, 5) is 22.4. The van der Waals surface area contributed by atoms with Gasteiger partial charge in [0, 0.05) is 54.6 Å². The molecule has 7 heteroatoms. The zero-order chi connectivity index (χ0) is 16.8. The highest BCUT2D eigenvalue weighted by molar-refractivity contribution is 5.95. The van der Waals surface area contributed by atoms with E-state index in [1.54, 1.807) is 0 Å². The third kappa shape index (κ3) is 3.43. The summed E-state index contributed by atoms with van der Waals surface area (Å²) >= 11 is 0. The minimum atomic E-state index is 0. The van der Waals surface area contributed by atoms with E-state index < -0.39 is 0 Å². The van der Waals surface area contributed by atoms with Gasteiger partial charge in [-0.2, -0.15) is 0 Å². The lowest BCUT2D eigenvalue weighted by molar-refractivity contribution is 0.0737. The predicted molar refractivity (Wildman–Crippen MR) is 112 cm³/mol. The lowest BCUT2D eigenvalue weighted by Crippen LogP contribution is -2.39. The van der Waals surface area contributed by atoms with Crippen molar-refractivity contribution in [3.8, 4) is 11.1 Å². The van der Waals surface area contributed by atoms with Gasteiger partial charge in [-0.25, -0.2) is 4.98 Å². The number of likely N-dealkylation sites (tertiary alicyclic amines) is 1. The van der Waals surface area contributed by atoms with Crippen LogP contribution >= 0.6 is 24.8 Å². The fourth-order valence-corrected chi connectivity index (χ4v) is 4.17. The Bertz CT molecular complexity index is 941. The largest absolute Gasteiger partial charge is 0.346 e. The van der Waals surface area contributed by atoms with Crippen LogP contribution in [0.5, 0.6) is 0 Å². The van der Waals surface area contributed by atoms with Crippen LogP contribution in [-0.2, 0) is 0 Å². The Morgan fingerprint density at radius 2 is 1.89 bits per heavy atom. The number of amides is 1. The van der Waals surface area contributed by atoms with E-state index in [1.165, 1.54) is 0 Å². The number of hydrogen-bond acceptors (Lipinski definition) is 3. The van der Waals surface area contributed by atoms with Gasteiger partial charge in [0.1, 0.15) is 5.65 Å². The molecular weight excluding hydrogens is 383 g/mol. The quantitative estimate of drug-likeness (QED) is 0.686. The van der Waals surface area contributed by atoms with Gasteiger partial charge in [0.2, 0.25) is 0 Å². The van der Waals surface area contributed by atoms with E-state index in [-0.39, 0.29) is 30.7 Å². The second kappa shape index (κ2) is 7.89. The van der Waals surface area contributed by atoms with E-state index in [9.17, 15) is 4.79 Å². The number of aromatic nitrogens is 2. The minimum Gasteiger partial charge on any atom is -0.346 e. The molecule has 27 heavy (non-hydrogen) atoms. The van der Waals surface area contributed by atoms with Gasteiger partial charge in [0.05, 0.1) is 0 Å². The number of pyridine rings is 1. The van der Waals surface area contributed by atoms with E-state index in [4.69, 9.17) is 0 Å². The van der Waals surface area contributed by atoms with Crippen LogP contribution in [0.2, 0.25) is 0 Å². The number of carbonyl (C=O) groups excluding carboxylic acids is 1. The molecule has 0 bridgehead atoms. The molecule has 2 fully saturated rings. The average Bonchev–Trinajstić information content (AvgIpc) is 3.37. The fourth-order valence-electron chi connectivity index (χ4n) is 4.17. The summed E-state index contributed by atoms with van der Waals surface area (Å²) in [5, 5.41) is 4.49. The summed E-state index contributed by atoms with van der Waals surface area (Å²) in [5.74, 6) is 0.782. The lowest BCUT2D eigenvalue weighted by atomic mass is 10.0. The van der Waals surface area contributed by atoms with Gasteiger partial charge >= 0.3 is 0 Å². The van der Waals surface area contributed by atoms with Crippen molar-refractivity contribution in [1.29, 1.82) is 0 Å². The number of fused-ring (bicyclic) bond motifs is 2. The van der Waals surface area contributed by atoms with Crippen LogP contribution in [0, 0.1) is 5.92 Å². The van der Waals surface area contributed by atoms with Crippen molar-refractivity contribution in [2.24, 2.45) is 5.92 Å². The molecule has 5 rings (SSSR count). The van der Waals surface area contributed by atoms with E-state index in [2.05, 4.69) is 21.4 Å². The number of nitrogens with one attached hydrogen (secondary N) is 2. The number of H-pyrrole nitrogens is 1. The summed E-state index contributed by atoms with van der Waals surface area (Å²) in [7, 11) is 0. The first kappa shape index (κ1) is 19.7. The second-order valence-corrected chi connectivity index (χ2v) is 6.99. The molecule has 2 aliphatic rings. The summed E-state index contributed by atoms with van der Waals surface area (Å²) in [6, 6.07) is 12.4. The first-order valence-corrected chi connectivity index (χ1v) is 8.85. The normalized spacial score (nSPS) is 20.8. The zero-order valence-corrected chi connectivity index (χ0v) is 16.4. The predicted octanol–water partition coefficient (Wildman–Crippen LogP) is 3.51. The molecule has 1 amide bonds. The Kier molecular flexibility index (Phi) is 5.75. The molecule has 0 spiro atoms. The first-order chi connectivity index (χ1) is 12.3. The van der Waals surface area contributed by atoms with E-state index in [0.29, 0.717) is 12.0 Å². The van der Waals surface area contributed by atoms with Gasteiger partial charge < -0.3 is 15.2 Å². The third-order valence-electron chi connectivity index (χ3n) is 5.57. The molecule has 2 N–H and O–H groups in total. The van der Waals surface area contributed by atoms with Crippen LogP contribution in [-0.4, -0.2) is 46.5 Å². The molecule has 3 aromatic rings. The lowest BCUT2D eigenvalue weighted by Gasteiger charge is -2.23. The topological polar surface area (TPSA) is 61.0 Å². The van der Waals surface area contributed by atoms with Gasteiger partial charge in [-0.05, 0) is 42.2 Å². The molecule has 4 heterocycles. The molecule has 5 nitrogen and oxygen atoms in total. The van der Waals surface area contributed by atoms with Crippen LogP contribution < -0.4 is 5.32 Å². The van der Waals surface area contributed by atoms with Crippen molar-refractivity contribution >= 4 is 41.8 Å². The third-order valence-corrected chi connectivity index (χ3v) is 5.57. The molecule has 0 radical (unpaired) electrons. The van der Waals surface area contributed by atoms with Crippen molar-refractivity contribution < 1.29 is 4.79 Å². The van der Waals surface area contributed by atoms with Gasteiger partial charge in [-0.15, -0.1) is 24.8 Å². The molecule has 0 aliphatic carbocycles. The first-order valence-electron chi connectivity index (χ1n) is 8.85. The zero-order valence-electron chi connectivity index (χ0n) is 14.7. The summed E-state index contributed by atoms with van der Waals surface area (Å²) in [5.41, 5.74) is 3.80. The Morgan fingerprint density at radius 1 is 1.07 bits per heavy atom. The number of hydrogen-bond donors (Lipinski definition) is 2. The van der Waals surface area contributed by atoms with Crippen LogP contribution in [0.4, 0.5) is 0 Å². The number of aromatic amines is 1. The Hall–Kier alpha value is -2.08. The standard InChI is InChI=1S/C20H20N4O.2ClH/c25-20(24-8-6-16-10-21-12-18(16)24)14-3-1-13(2-4-14)17-9-15-5-7-22-19(15)23-11-17;;/h1-5,7,9,11,16,18,21H,6,8,10,12H2,(H,22,23);2*1H/t16-,18+;;/m0../s1. The van der Waals surface area contributed by atoms with Gasteiger partial charge in [-0.3, -0.25) is 4.79 Å². The molecule has 142 valence electrons. The number of benzene rings is 1. The van der Waals surface area contributed by atoms with Crippen molar-refractivity contribution in [3.05, 3.63) is 54.4 Å². The van der Waals surface area contributed by atoms with Crippen LogP contribution in [0.15, 0.2) is 48.8 Å². The van der Waals surface area contributed by atoms with Crippen molar-refractivity contribution in [3.63, 3.8) is 0 Å². The molecule has 2 aromatic heterocycles. The van der Waals surface area contributed by atoms with Crippen molar-refractivity contribution in [2.45, 2.75) is 12.5 Å². The number of rotatable bonds is 2. The summed E-state index contributed by atoms with van der Waals surface area (Å²) < 4.78 is 0. The van der Waals surface area contributed by atoms with Crippen molar-refractivity contribution in [1.82, 2.24) is 20.2 Å². The van der Waals surface area contributed by atoms with Crippen LogP contribution in [0.25, 0.3) is 22.2 Å². The summed E-state index contributed by atoms with van der Waals surface area (Å²) in [6.07, 6.45) is 4.87. The number of nitrogens with zero attached hydrogens (tertiary/aromatic N) is 2. The Balaban J connectivity index is 0.00000105. The van der Waals surface area contributed by atoms with Crippen molar-refractivity contribution in [2.75, 3.05) is 19.6 Å². The highest BCUT2D eigenvalue weighted by atomic mass is 35.5. The maximum Gasteiger partial charge on any atom is 0.254 e. The molecule has 0 unspecified atom stereocenters. The molecule has 2 atom stereocenters. The maximum absolute atomic E-state index is 12.9. The smallest absolute Gasteiger partial charge is 0.254 e. The summed E-state index contributed by atoms with van der Waals surface area (Å²) in [6.45, 7) is 2.85. The SMILES string of the molecule is Cl.Cl.O=C(c1ccc(-c2cnc3[nH]ccc3c2)cc1)N1CC[C@H]2CNC[C@H]21. The Morgan fingerprint density at radius 3 is 2.70 bits per heavy atom. The van der Waals surface area contributed by atoms with E-state index in [1.807, 2.05) is 47.6 Å². The molecular formula is C20H22Cl2N4O. The molecule has 1 aromatic carbocycles. The molecule has 2 aliphatic heterocycles. The maximum atomic E-state index is 12.9. The highest BCUT2D eigenvalue weighted by Crippen LogP contribution is 2.29. The fraction of sp³-hybridized carbons (Fsp3) is 0.300. The minimum absolute atomic E-state index is 0. The molecule has 2 saturated heterocycles. The number of halogens is 2. The van der Waals surface area contributed by atoms with Crippen LogP contribution in [0.3, 0.4) is 0 Å². The highest BCUT2D eigenvalue weighted by Gasteiger charge is 2.39. The van der Waals surface area contributed by atoms with Gasteiger partial charge in [0.25, 0.3) is 5.91 Å². The second-order valence-electron chi connectivity index (χ2n) is 6.99. The van der Waals surface area contributed by atoms with Crippen LogP contribution in [0.1, 0.15) is 16.8 Å². The van der Waals surface area contributed by atoms with Gasteiger partial charge in [0.15, 0.2) is 0 Å². The average molecular weight is 405 g/mol. The van der Waals surface area contributed by atoms with E-state index in [0.717, 1.165) is 53.8 Å². The van der Waals surface area contributed by atoms with E-state index >= 15 is 0 Å². The molecule has 0 saturated carbocycles.